The third-order valence-electron chi connectivity index (χ3n) is 4.16. The van der Waals surface area contributed by atoms with Crippen LogP contribution in [0.2, 0.25) is 0 Å². The van der Waals surface area contributed by atoms with Crippen molar-refractivity contribution in [1.82, 2.24) is 0 Å². The zero-order chi connectivity index (χ0) is 19.2. The van der Waals surface area contributed by atoms with Crippen LogP contribution in [0.1, 0.15) is 13.3 Å². The predicted molar refractivity (Wildman–Crippen MR) is 110 cm³/mol. The molecule has 0 aliphatic carbocycles. The summed E-state index contributed by atoms with van der Waals surface area (Å²) in [5, 5.41) is 2.83. The largest absolute Gasteiger partial charge is 0.492 e. The Morgan fingerprint density at radius 1 is 1.21 bits per heavy atom. The molecule has 1 aliphatic heterocycles. The van der Waals surface area contributed by atoms with E-state index in [1.54, 1.807) is 36.1 Å². The van der Waals surface area contributed by atoms with Crippen LogP contribution < -0.4 is 25.4 Å². The van der Waals surface area contributed by atoms with Crippen molar-refractivity contribution in [2.24, 2.45) is 5.73 Å². The molecule has 1 aliphatic rings. The van der Waals surface area contributed by atoms with Gasteiger partial charge in [-0.05, 0) is 43.3 Å². The average molecular weight is 406 g/mol. The smallest absolute Gasteiger partial charge is 0.267 e. The molecule has 3 rings (SSSR count). The number of nitrogens with zero attached hydrogens (tertiary/aromatic N) is 1. The zero-order valence-corrected chi connectivity index (χ0v) is 16.4. The van der Waals surface area contributed by atoms with Gasteiger partial charge in [0.25, 0.3) is 5.91 Å². The van der Waals surface area contributed by atoms with Crippen molar-refractivity contribution < 1.29 is 19.1 Å². The molecule has 1 atom stereocenters. The normalized spacial score (nSPS) is 15.1. The molecule has 0 saturated heterocycles. The highest BCUT2D eigenvalue weighted by Crippen LogP contribution is 2.33. The van der Waals surface area contributed by atoms with Gasteiger partial charge in [0.1, 0.15) is 18.1 Å². The lowest BCUT2D eigenvalue weighted by molar-refractivity contribution is -0.125. The first-order valence-corrected chi connectivity index (χ1v) is 8.88. The summed E-state index contributed by atoms with van der Waals surface area (Å²) in [6.45, 7) is 2.88. The second-order valence-corrected chi connectivity index (χ2v) is 6.18. The van der Waals surface area contributed by atoms with Crippen LogP contribution in [0.25, 0.3) is 0 Å². The number of amides is 2. The van der Waals surface area contributed by atoms with Gasteiger partial charge in [-0.1, -0.05) is 12.1 Å². The van der Waals surface area contributed by atoms with E-state index in [9.17, 15) is 9.59 Å². The Morgan fingerprint density at radius 2 is 1.93 bits per heavy atom. The van der Waals surface area contributed by atoms with Crippen LogP contribution in [-0.4, -0.2) is 37.6 Å². The first kappa shape index (κ1) is 21.5. The summed E-state index contributed by atoms with van der Waals surface area (Å²) in [5.41, 5.74) is 6.76. The molecule has 0 aromatic heterocycles. The van der Waals surface area contributed by atoms with Gasteiger partial charge in [0.05, 0.1) is 5.69 Å². The number of carbonyl (C=O) groups excluding carboxylic acids is 2. The number of hydrogen-bond acceptors (Lipinski definition) is 5. The summed E-state index contributed by atoms with van der Waals surface area (Å²) in [6.07, 6.45) is -0.387. The quantitative estimate of drug-likeness (QED) is 0.738. The number of benzene rings is 2. The number of carbonyl (C=O) groups is 2. The number of nitrogens with two attached hydrogens (primary N) is 1. The van der Waals surface area contributed by atoms with E-state index in [0.29, 0.717) is 36.0 Å². The van der Waals surface area contributed by atoms with Gasteiger partial charge < -0.3 is 25.4 Å². The number of rotatable bonds is 7. The fourth-order valence-corrected chi connectivity index (χ4v) is 2.84. The molecule has 28 heavy (non-hydrogen) atoms. The highest BCUT2D eigenvalue weighted by atomic mass is 35.5. The number of ether oxygens (including phenoxy) is 2. The van der Waals surface area contributed by atoms with E-state index >= 15 is 0 Å². The number of nitrogens with one attached hydrogen (secondary N) is 1. The number of hydrogen-bond donors (Lipinski definition) is 2. The molecule has 0 saturated carbocycles. The minimum atomic E-state index is -0.566. The van der Waals surface area contributed by atoms with Crippen LogP contribution >= 0.6 is 12.4 Å². The topological polar surface area (TPSA) is 93.9 Å². The molecule has 3 N–H and O–H groups in total. The molecular formula is C20H24ClN3O4. The van der Waals surface area contributed by atoms with Crippen LogP contribution in [0, 0.1) is 0 Å². The second-order valence-electron chi connectivity index (χ2n) is 6.18. The van der Waals surface area contributed by atoms with Gasteiger partial charge in [0.15, 0.2) is 6.10 Å². The van der Waals surface area contributed by atoms with Gasteiger partial charge in [-0.25, -0.2) is 0 Å². The second kappa shape index (κ2) is 9.96. The molecule has 0 bridgehead atoms. The molecule has 0 radical (unpaired) electrons. The molecule has 150 valence electrons. The van der Waals surface area contributed by atoms with Gasteiger partial charge >= 0.3 is 0 Å². The van der Waals surface area contributed by atoms with Crippen LogP contribution in [0.5, 0.6) is 11.5 Å². The van der Waals surface area contributed by atoms with Crippen molar-refractivity contribution in [3.05, 3.63) is 48.5 Å². The molecule has 0 spiro atoms. The summed E-state index contributed by atoms with van der Waals surface area (Å²) >= 11 is 0. The monoisotopic (exact) mass is 405 g/mol. The van der Waals surface area contributed by atoms with Crippen molar-refractivity contribution in [3.63, 3.8) is 0 Å². The van der Waals surface area contributed by atoms with Crippen LogP contribution in [-0.2, 0) is 9.59 Å². The van der Waals surface area contributed by atoms with Crippen molar-refractivity contribution >= 4 is 35.6 Å². The zero-order valence-electron chi connectivity index (χ0n) is 15.6. The van der Waals surface area contributed by atoms with Crippen LogP contribution in [0.4, 0.5) is 11.4 Å². The fraction of sp³-hybridized carbons (Fsp3) is 0.300. The number of anilines is 2. The van der Waals surface area contributed by atoms with Crippen molar-refractivity contribution in [3.8, 4) is 11.5 Å². The van der Waals surface area contributed by atoms with E-state index < -0.39 is 6.10 Å². The molecular weight excluding hydrogens is 382 g/mol. The maximum Gasteiger partial charge on any atom is 0.267 e. The molecule has 2 aromatic rings. The Bertz CT molecular complexity index is 813. The Balaban J connectivity index is 0.00000280. The van der Waals surface area contributed by atoms with Gasteiger partial charge in [-0.3, -0.25) is 9.59 Å². The first-order chi connectivity index (χ1) is 13.1. The van der Waals surface area contributed by atoms with Gasteiger partial charge in [-0.2, -0.15) is 0 Å². The Labute approximate surface area is 170 Å². The molecule has 0 fully saturated rings. The lowest BCUT2D eigenvalue weighted by Crippen LogP contribution is -2.45. The number of halogens is 1. The van der Waals surface area contributed by atoms with Crippen molar-refractivity contribution in [1.29, 1.82) is 0 Å². The lowest BCUT2D eigenvalue weighted by atomic mass is 10.1. The lowest BCUT2D eigenvalue weighted by Gasteiger charge is -2.32. The number of fused-ring (bicyclic) bond motifs is 1. The Hall–Kier alpha value is -2.77. The van der Waals surface area contributed by atoms with Gasteiger partial charge in [0.2, 0.25) is 5.91 Å². The molecule has 1 unspecified atom stereocenters. The Morgan fingerprint density at radius 3 is 2.64 bits per heavy atom. The maximum absolute atomic E-state index is 12.4. The summed E-state index contributed by atoms with van der Waals surface area (Å²) < 4.78 is 11.0. The predicted octanol–water partition coefficient (Wildman–Crippen LogP) is 2.59. The van der Waals surface area contributed by atoms with E-state index in [0.717, 1.165) is 0 Å². The van der Waals surface area contributed by atoms with E-state index in [-0.39, 0.29) is 37.2 Å². The third-order valence-corrected chi connectivity index (χ3v) is 4.16. The average Bonchev–Trinajstić information content (AvgIpc) is 2.68. The number of para-hydroxylation sites is 2. The highest BCUT2D eigenvalue weighted by Gasteiger charge is 2.31. The van der Waals surface area contributed by atoms with Crippen molar-refractivity contribution in [2.75, 3.05) is 29.9 Å². The molecule has 2 amide bonds. The maximum atomic E-state index is 12.4. The summed E-state index contributed by atoms with van der Waals surface area (Å²) in [4.78, 5) is 26.3. The van der Waals surface area contributed by atoms with E-state index in [4.69, 9.17) is 15.2 Å². The van der Waals surface area contributed by atoms with Gasteiger partial charge in [-0.15, -0.1) is 12.4 Å². The third kappa shape index (κ3) is 5.15. The van der Waals surface area contributed by atoms with Crippen LogP contribution in [0.3, 0.4) is 0 Å². The molecule has 7 nitrogen and oxygen atoms in total. The highest BCUT2D eigenvalue weighted by molar-refractivity contribution is 6.00. The standard InChI is InChI=1S/C20H23N3O4.ClH/c1-14-20(25)23(17-4-2-3-5-18(17)27-14)12-10-19(24)22-15-6-8-16(9-7-15)26-13-11-21;/h2-9,14H,10-13,21H2,1H3,(H,22,24);1H. The van der Waals surface area contributed by atoms with E-state index in [1.807, 2.05) is 24.3 Å². The van der Waals surface area contributed by atoms with Crippen LogP contribution in [0.15, 0.2) is 48.5 Å². The SMILES string of the molecule is CC1Oc2ccccc2N(CCC(=O)Nc2ccc(OCCN)cc2)C1=O.Cl. The molecule has 8 heteroatoms. The minimum Gasteiger partial charge on any atom is -0.492 e. The summed E-state index contributed by atoms with van der Waals surface area (Å²) in [6, 6.07) is 14.4. The summed E-state index contributed by atoms with van der Waals surface area (Å²) in [5.74, 6) is 1.03. The van der Waals surface area contributed by atoms with E-state index in [1.165, 1.54) is 0 Å². The molecule has 2 aromatic carbocycles. The first-order valence-electron chi connectivity index (χ1n) is 8.88. The molecule has 1 heterocycles. The van der Waals surface area contributed by atoms with Crippen molar-refractivity contribution in [2.45, 2.75) is 19.4 Å². The Kier molecular flexibility index (Phi) is 7.66. The summed E-state index contributed by atoms with van der Waals surface area (Å²) in [7, 11) is 0. The minimum absolute atomic E-state index is 0. The van der Waals surface area contributed by atoms with E-state index in [2.05, 4.69) is 5.32 Å². The van der Waals surface area contributed by atoms with Gasteiger partial charge in [0, 0.05) is 25.2 Å². The fourth-order valence-electron chi connectivity index (χ4n) is 2.84.